The zero-order valence-corrected chi connectivity index (χ0v) is 21.5. The molecule has 37 heavy (non-hydrogen) atoms. The van der Waals surface area contributed by atoms with Gasteiger partial charge in [-0.2, -0.15) is 4.31 Å². The van der Waals surface area contributed by atoms with Gasteiger partial charge in [0.15, 0.2) is 0 Å². The predicted octanol–water partition coefficient (Wildman–Crippen LogP) is 5.36. The number of rotatable bonds is 6. The summed E-state index contributed by atoms with van der Waals surface area (Å²) < 4.78 is 62.2. The topological polar surface area (TPSA) is 70.8 Å². The first-order valence-corrected chi connectivity index (χ1v) is 14.3. The van der Waals surface area contributed by atoms with Crippen molar-refractivity contribution >= 4 is 26.9 Å². The molecule has 1 aliphatic heterocycles. The zero-order valence-electron chi connectivity index (χ0n) is 20.6. The third-order valence-electron chi connectivity index (χ3n) is 8.27. The fourth-order valence-electron chi connectivity index (χ4n) is 6.01. The predicted molar refractivity (Wildman–Crippen MR) is 134 cm³/mol. The number of amides is 1. The summed E-state index contributed by atoms with van der Waals surface area (Å²) in [6, 6.07) is 13.0. The number of aryl methyl sites for hydroxylation is 1. The van der Waals surface area contributed by atoms with Crippen LogP contribution in [0.3, 0.4) is 0 Å². The number of hydrogen-bond acceptors (Lipinski definition) is 4. The van der Waals surface area contributed by atoms with Crippen LogP contribution in [0.15, 0.2) is 64.1 Å². The lowest BCUT2D eigenvalue weighted by atomic mass is 9.90. The number of halogens is 2. The lowest BCUT2D eigenvalue weighted by molar-refractivity contribution is -0.141. The van der Waals surface area contributed by atoms with Crippen LogP contribution in [0.25, 0.3) is 11.0 Å². The summed E-state index contributed by atoms with van der Waals surface area (Å²) >= 11 is 0. The number of nitrogens with zero attached hydrogens (tertiary/aromatic N) is 2. The fraction of sp³-hybridized carbons (Fsp3) is 0.464. The van der Waals surface area contributed by atoms with Crippen LogP contribution in [0.2, 0.25) is 0 Å². The summed E-state index contributed by atoms with van der Waals surface area (Å²) in [5.41, 5.74) is 2.46. The van der Waals surface area contributed by atoms with E-state index in [1.807, 2.05) is 31.2 Å². The molecule has 6 rings (SSSR count). The minimum Gasteiger partial charge on any atom is -0.464 e. The number of benzene rings is 2. The number of carbonyl (C=O) groups is 1. The van der Waals surface area contributed by atoms with E-state index in [-0.39, 0.29) is 60.9 Å². The van der Waals surface area contributed by atoms with Crippen molar-refractivity contribution in [2.75, 3.05) is 6.54 Å². The van der Waals surface area contributed by atoms with Crippen LogP contribution >= 0.6 is 0 Å². The van der Waals surface area contributed by atoms with Crippen LogP contribution in [0.5, 0.6) is 0 Å². The van der Waals surface area contributed by atoms with Gasteiger partial charge < -0.3 is 9.32 Å². The Bertz CT molecular complexity index is 1430. The summed E-state index contributed by atoms with van der Waals surface area (Å²) in [4.78, 5) is 16.1. The molecular formula is C28H30F2N2O4S. The van der Waals surface area contributed by atoms with Gasteiger partial charge in [-0.05, 0) is 67.9 Å². The van der Waals surface area contributed by atoms with Crippen LogP contribution in [0.4, 0.5) is 8.78 Å². The normalized spacial score (nSPS) is 25.8. The molecule has 3 aliphatic rings. The van der Waals surface area contributed by atoms with Gasteiger partial charge in [-0.1, -0.05) is 29.8 Å². The third-order valence-corrected chi connectivity index (χ3v) is 10.1. The molecule has 2 heterocycles. The Morgan fingerprint density at radius 3 is 2.57 bits per heavy atom. The fourth-order valence-corrected chi connectivity index (χ4v) is 7.70. The summed E-state index contributed by atoms with van der Waals surface area (Å²) in [5, 5.41) is 0.936. The lowest BCUT2D eigenvalue weighted by Crippen LogP contribution is -2.53. The van der Waals surface area contributed by atoms with Gasteiger partial charge in [-0.15, -0.1) is 0 Å². The first-order valence-electron chi connectivity index (χ1n) is 12.9. The van der Waals surface area contributed by atoms with Gasteiger partial charge in [0, 0.05) is 37.4 Å². The second-order valence-electron chi connectivity index (χ2n) is 10.8. The van der Waals surface area contributed by atoms with Crippen molar-refractivity contribution in [2.45, 2.75) is 68.5 Å². The van der Waals surface area contributed by atoms with Crippen molar-refractivity contribution in [1.82, 2.24) is 9.21 Å². The lowest BCUT2D eigenvalue weighted by Gasteiger charge is -2.39. The van der Waals surface area contributed by atoms with E-state index < -0.39 is 22.0 Å². The highest BCUT2D eigenvalue weighted by Gasteiger charge is 2.60. The van der Waals surface area contributed by atoms with Crippen LogP contribution in [-0.4, -0.2) is 48.1 Å². The Balaban J connectivity index is 1.32. The van der Waals surface area contributed by atoms with Gasteiger partial charge >= 0.3 is 0 Å². The second-order valence-corrected chi connectivity index (χ2v) is 12.7. The highest BCUT2D eigenvalue weighted by Crippen LogP contribution is 2.52. The maximum atomic E-state index is 14.2. The second kappa shape index (κ2) is 8.91. The number of piperidine rings is 1. The molecule has 196 valence electrons. The number of sulfonamides is 1. The first-order chi connectivity index (χ1) is 17.6. The Kier molecular flexibility index (Phi) is 5.91. The van der Waals surface area contributed by atoms with E-state index in [9.17, 15) is 22.0 Å². The molecule has 2 saturated carbocycles. The Labute approximate surface area is 215 Å². The Morgan fingerprint density at radius 1 is 1.11 bits per heavy atom. The minimum absolute atomic E-state index is 0.0344. The molecule has 0 radical (unpaired) electrons. The molecule has 2 aromatic carbocycles. The monoisotopic (exact) mass is 528 g/mol. The van der Waals surface area contributed by atoms with Gasteiger partial charge in [0.2, 0.25) is 21.9 Å². The van der Waals surface area contributed by atoms with E-state index in [1.165, 1.54) is 4.31 Å². The molecule has 2 aliphatic carbocycles. The van der Waals surface area contributed by atoms with E-state index >= 15 is 0 Å². The quantitative estimate of drug-likeness (QED) is 0.432. The third kappa shape index (κ3) is 4.56. The van der Waals surface area contributed by atoms with Crippen molar-refractivity contribution in [3.05, 3.63) is 65.9 Å². The van der Waals surface area contributed by atoms with E-state index in [0.717, 1.165) is 22.9 Å². The Morgan fingerprint density at radius 2 is 1.84 bits per heavy atom. The molecule has 3 atom stereocenters. The standard InChI is InChI=1S/C28H30F2N2O4S/c1-18-2-6-23(7-3-18)37(34,35)32-17-21-15-24(21)26(32)27(33)31(22-8-11-28(29,30)12-9-22)16-19-4-5-20-10-13-36-25(20)14-19/h2-7,10,13-14,21-22,24,26H,8-9,11-12,15-17H2,1H3/t21-,24-,26-/m1/s1. The van der Waals surface area contributed by atoms with Crippen molar-refractivity contribution in [1.29, 1.82) is 0 Å². The summed E-state index contributed by atoms with van der Waals surface area (Å²) in [5.74, 6) is -2.89. The number of alkyl halides is 2. The molecule has 3 fully saturated rings. The molecule has 0 unspecified atom stereocenters. The summed E-state index contributed by atoms with van der Waals surface area (Å²) in [6.45, 7) is 2.42. The first kappa shape index (κ1) is 24.6. The number of hydrogen-bond donors (Lipinski definition) is 0. The van der Waals surface area contributed by atoms with E-state index in [1.54, 1.807) is 35.4 Å². The number of furan rings is 1. The maximum absolute atomic E-state index is 14.2. The maximum Gasteiger partial charge on any atom is 0.248 e. The molecule has 1 amide bonds. The van der Waals surface area contributed by atoms with E-state index in [0.29, 0.717) is 12.1 Å². The average Bonchev–Trinajstić information content (AvgIpc) is 3.29. The van der Waals surface area contributed by atoms with Gasteiger partial charge in [-0.3, -0.25) is 4.79 Å². The van der Waals surface area contributed by atoms with Crippen LogP contribution in [-0.2, 0) is 21.4 Å². The number of carbonyl (C=O) groups excluding carboxylic acids is 1. The van der Waals surface area contributed by atoms with Crippen molar-refractivity contribution in [3.63, 3.8) is 0 Å². The van der Waals surface area contributed by atoms with Crippen LogP contribution in [0.1, 0.15) is 43.2 Å². The molecule has 0 spiro atoms. The van der Waals surface area contributed by atoms with Gasteiger partial charge in [0.1, 0.15) is 11.6 Å². The molecular weight excluding hydrogens is 498 g/mol. The Hall–Kier alpha value is -2.78. The zero-order chi connectivity index (χ0) is 25.9. The van der Waals surface area contributed by atoms with Crippen LogP contribution < -0.4 is 0 Å². The van der Waals surface area contributed by atoms with E-state index in [2.05, 4.69) is 0 Å². The van der Waals surface area contributed by atoms with Gasteiger partial charge in [0.25, 0.3) is 0 Å². The minimum atomic E-state index is -3.88. The molecule has 3 aromatic rings. The summed E-state index contributed by atoms with van der Waals surface area (Å²) in [6.07, 6.45) is 2.23. The largest absolute Gasteiger partial charge is 0.464 e. The smallest absolute Gasteiger partial charge is 0.248 e. The van der Waals surface area contributed by atoms with Crippen molar-refractivity contribution in [3.8, 4) is 0 Å². The van der Waals surface area contributed by atoms with Gasteiger partial charge in [0.05, 0.1) is 11.2 Å². The summed E-state index contributed by atoms with van der Waals surface area (Å²) in [7, 11) is -3.88. The van der Waals surface area contributed by atoms with Crippen molar-refractivity contribution in [2.24, 2.45) is 11.8 Å². The molecule has 1 aromatic heterocycles. The molecule has 0 bridgehead atoms. The van der Waals surface area contributed by atoms with Gasteiger partial charge in [-0.25, -0.2) is 17.2 Å². The molecule has 6 nitrogen and oxygen atoms in total. The number of fused-ring (bicyclic) bond motifs is 2. The molecule has 0 N–H and O–H groups in total. The van der Waals surface area contributed by atoms with Crippen molar-refractivity contribution < 1.29 is 26.4 Å². The molecule has 1 saturated heterocycles. The highest BCUT2D eigenvalue weighted by molar-refractivity contribution is 7.89. The highest BCUT2D eigenvalue weighted by atomic mass is 32.2. The van der Waals surface area contributed by atoms with Crippen LogP contribution in [0, 0.1) is 18.8 Å². The van der Waals surface area contributed by atoms with E-state index in [4.69, 9.17) is 4.42 Å². The SMILES string of the molecule is Cc1ccc(S(=O)(=O)N2C[C@H]3C[C@H]3[C@@H]2C(=O)N(Cc2ccc3ccoc3c2)C2CCC(F)(F)CC2)cc1. The average molecular weight is 529 g/mol. The molecule has 9 heteroatoms.